The molecule has 4 nitrogen and oxygen atoms in total. The van der Waals surface area contributed by atoms with Crippen molar-refractivity contribution < 1.29 is 96.8 Å². The third-order valence-corrected chi connectivity index (χ3v) is 0. The van der Waals surface area contributed by atoms with Crippen molar-refractivity contribution in [3.63, 3.8) is 0 Å². The number of phosphoric acid groups is 1. The van der Waals surface area contributed by atoms with E-state index >= 15 is 0 Å². The summed E-state index contributed by atoms with van der Waals surface area (Å²) in [5.41, 5.74) is 0. The maximum atomic E-state index is 8.55. The van der Waals surface area contributed by atoms with Crippen molar-refractivity contribution >= 4 is 7.82 Å². The number of hydrogen-bond acceptors (Lipinski definition) is 4. The maximum absolute atomic E-state index is 8.55. The molecule has 0 atom stereocenters. The quantitative estimate of drug-likeness (QED) is 0.303. The van der Waals surface area contributed by atoms with Crippen molar-refractivity contribution in [1.29, 1.82) is 0 Å². The maximum Gasteiger partial charge on any atom is 2.00 e. The van der Waals surface area contributed by atoms with E-state index in [1.807, 2.05) is 0 Å². The van der Waals surface area contributed by atoms with Gasteiger partial charge in [0.25, 0.3) is 0 Å². The van der Waals surface area contributed by atoms with Crippen LogP contribution in [0.5, 0.6) is 0 Å². The minimum atomic E-state index is -5.39. The Bertz CT molecular complexity index is 57.8. The van der Waals surface area contributed by atoms with Gasteiger partial charge in [0, 0.05) is 0 Å². The van der Waals surface area contributed by atoms with Gasteiger partial charge in [-0.2, -0.15) is 7.82 Å². The van der Waals surface area contributed by atoms with Crippen molar-refractivity contribution in [2.45, 2.75) is 0 Å². The van der Waals surface area contributed by atoms with Crippen LogP contribution in [-0.4, -0.2) is 0 Å². The second kappa shape index (κ2) is 6.75. The van der Waals surface area contributed by atoms with Crippen LogP contribution >= 0.6 is 7.82 Å². The number of hydrogen-bond donors (Lipinski definition) is 0. The molecule has 0 aromatic rings. The zero-order valence-electron chi connectivity index (χ0n) is 3.58. The molecule has 7 heteroatoms. The van der Waals surface area contributed by atoms with E-state index in [0.29, 0.717) is 0 Å². The summed E-state index contributed by atoms with van der Waals surface area (Å²) in [5, 5.41) is 0. The van der Waals surface area contributed by atoms with E-state index in [-0.39, 0.29) is 77.6 Å². The Kier molecular flexibility index (Phi) is 15.7. The Morgan fingerprint density at radius 3 is 1.14 bits per heavy atom. The van der Waals surface area contributed by atoms with Crippen molar-refractivity contribution in [2.24, 2.45) is 0 Å². The summed E-state index contributed by atoms with van der Waals surface area (Å²) in [6, 6.07) is 0. The van der Waals surface area contributed by atoms with Gasteiger partial charge in [-0.3, -0.25) is 0 Å². The molecule has 0 aromatic carbocycles. The van der Waals surface area contributed by atoms with Crippen molar-refractivity contribution in [3.05, 3.63) is 0 Å². The third kappa shape index (κ3) is 54.9. The van der Waals surface area contributed by atoms with Crippen LogP contribution < -0.4 is 66.1 Å². The normalized spacial score (nSPS) is 8.43. The van der Waals surface area contributed by atoms with Crippen molar-refractivity contribution in [2.75, 3.05) is 0 Å². The molecule has 0 N–H and O–H groups in total. The molecule has 0 heterocycles. The Morgan fingerprint density at radius 1 is 1.14 bits per heavy atom. The van der Waals surface area contributed by atoms with Gasteiger partial charge in [-0.15, -0.1) is 0 Å². The third-order valence-electron chi connectivity index (χ3n) is 0. The van der Waals surface area contributed by atoms with Crippen LogP contribution in [0.25, 0.3) is 0 Å². The topological polar surface area (TPSA) is 86.2 Å². The van der Waals surface area contributed by atoms with E-state index < -0.39 is 7.82 Å². The molecule has 0 rings (SSSR count). The molecule has 0 aliphatic heterocycles. The van der Waals surface area contributed by atoms with Crippen molar-refractivity contribution in [3.8, 4) is 0 Å². The molecule has 0 aliphatic rings. The standard InChI is InChI=1S/K.H3O4P.Zr/c;1-5(2,3)4;/h;(H3,1,2,3,4);/q+1;;+2/p-3. The van der Waals surface area contributed by atoms with E-state index in [2.05, 4.69) is 0 Å². The smallest absolute Gasteiger partial charge is 0.822 e. The van der Waals surface area contributed by atoms with Crippen LogP contribution in [-0.2, 0) is 30.8 Å². The first-order valence-electron chi connectivity index (χ1n) is 0.730. The molecule has 7 heavy (non-hydrogen) atoms. The van der Waals surface area contributed by atoms with E-state index in [1.54, 1.807) is 0 Å². The molecular weight excluding hydrogens is 225 g/mol. The molecule has 0 fully saturated rings. The van der Waals surface area contributed by atoms with Gasteiger partial charge in [0.2, 0.25) is 0 Å². The van der Waals surface area contributed by atoms with Gasteiger partial charge in [-0.25, -0.2) is 0 Å². The molecule has 0 saturated carbocycles. The van der Waals surface area contributed by atoms with Gasteiger partial charge < -0.3 is 19.2 Å². The molecule has 0 spiro atoms. The summed E-state index contributed by atoms with van der Waals surface area (Å²) >= 11 is 0. The molecule has 0 radical (unpaired) electrons. The second-order valence-corrected chi connectivity index (χ2v) is 1.34. The zero-order chi connectivity index (χ0) is 4.50. The molecule has 34 valence electrons. The van der Waals surface area contributed by atoms with Crippen molar-refractivity contribution in [1.82, 2.24) is 0 Å². The fraction of sp³-hybridized carbons (Fsp3) is 0. The minimum absolute atomic E-state index is 0. The van der Waals surface area contributed by atoms with E-state index in [9.17, 15) is 0 Å². The van der Waals surface area contributed by atoms with Crippen LogP contribution in [0.3, 0.4) is 0 Å². The molecule has 0 saturated heterocycles. The summed E-state index contributed by atoms with van der Waals surface area (Å²) in [6.07, 6.45) is 0. The Morgan fingerprint density at radius 2 is 1.14 bits per heavy atom. The van der Waals surface area contributed by atoms with E-state index in [1.165, 1.54) is 0 Å². The fourth-order valence-corrected chi connectivity index (χ4v) is 0. The molecule has 0 aliphatic carbocycles. The first-order chi connectivity index (χ1) is 2.00. The van der Waals surface area contributed by atoms with Gasteiger partial charge in [0.05, 0.1) is 0 Å². The van der Waals surface area contributed by atoms with E-state index in [0.717, 1.165) is 0 Å². The van der Waals surface area contributed by atoms with Crippen LogP contribution in [0, 0.1) is 0 Å². The zero-order valence-corrected chi connectivity index (χ0v) is 10.1. The first-order valence-corrected chi connectivity index (χ1v) is 2.19. The summed E-state index contributed by atoms with van der Waals surface area (Å²) in [4.78, 5) is 25.6. The largest absolute Gasteiger partial charge is 2.00 e. The average molecular weight is 225 g/mol. The predicted molar refractivity (Wildman–Crippen MR) is 7.61 cm³/mol. The molecule has 0 unspecified atom stereocenters. The molecule has 0 bridgehead atoms. The van der Waals surface area contributed by atoms with E-state index in [4.69, 9.17) is 19.2 Å². The molecular formula is KO4PZr. The summed E-state index contributed by atoms with van der Waals surface area (Å²) in [5.74, 6) is 0. The Hall–Kier alpha value is 2.63. The van der Waals surface area contributed by atoms with Gasteiger partial charge in [-0.1, -0.05) is 0 Å². The Labute approximate surface area is 102 Å². The molecule has 0 aromatic heterocycles. The monoisotopic (exact) mass is 224 g/mol. The fourth-order valence-electron chi connectivity index (χ4n) is 0. The first kappa shape index (κ1) is 16.3. The second-order valence-electron chi connectivity index (χ2n) is 0.447. The van der Waals surface area contributed by atoms with Crippen LogP contribution in [0.2, 0.25) is 0 Å². The van der Waals surface area contributed by atoms with Crippen LogP contribution in [0.4, 0.5) is 0 Å². The SMILES string of the molecule is O=P([O-])([O-])[O-].[K+].[Zr+2]. The molecule has 0 amide bonds. The summed E-state index contributed by atoms with van der Waals surface area (Å²) in [6.45, 7) is 0. The predicted octanol–water partition coefficient (Wildman–Crippen LogP) is -5.82. The van der Waals surface area contributed by atoms with Gasteiger partial charge >= 0.3 is 77.6 Å². The van der Waals surface area contributed by atoms with Gasteiger partial charge in [0.1, 0.15) is 0 Å². The Balaban J connectivity index is -0.0000000800. The average Bonchev–Trinajstić information content (AvgIpc) is 0.722. The van der Waals surface area contributed by atoms with Crippen LogP contribution in [0.15, 0.2) is 0 Å². The summed E-state index contributed by atoms with van der Waals surface area (Å²) in [7, 11) is -5.39. The van der Waals surface area contributed by atoms with Crippen LogP contribution in [0.1, 0.15) is 0 Å². The minimum Gasteiger partial charge on any atom is -0.822 e. The summed E-state index contributed by atoms with van der Waals surface area (Å²) < 4.78 is 8.55. The van der Waals surface area contributed by atoms with Gasteiger partial charge in [-0.05, 0) is 0 Å². The number of rotatable bonds is 0. The van der Waals surface area contributed by atoms with Gasteiger partial charge in [0.15, 0.2) is 0 Å².